The molecule has 0 aromatic heterocycles. The first-order valence-electron chi connectivity index (χ1n) is 7.48. The number of anilines is 2. The van der Waals surface area contributed by atoms with E-state index < -0.39 is 0 Å². The van der Waals surface area contributed by atoms with Gasteiger partial charge in [-0.3, -0.25) is 4.79 Å². The maximum Gasteiger partial charge on any atom is 0.227 e. The fourth-order valence-electron chi connectivity index (χ4n) is 2.58. The minimum absolute atomic E-state index is 0.166. The highest BCUT2D eigenvalue weighted by Crippen LogP contribution is 2.28. The molecule has 0 saturated heterocycles. The third-order valence-electron chi connectivity index (χ3n) is 3.63. The summed E-state index contributed by atoms with van der Waals surface area (Å²) in [4.78, 5) is 14.1. The van der Waals surface area contributed by atoms with Crippen molar-refractivity contribution >= 4 is 17.3 Å². The normalized spacial score (nSPS) is 14.9. The molecule has 0 saturated carbocycles. The molecule has 0 spiro atoms. The molecule has 1 aliphatic rings. The number of nitrogen functional groups attached to an aromatic ring is 1. The standard InChI is InChI=1S/C16H24N2O3/c1-20-9-3-10-21-11-8-18-15-7-6-14(17)12-13(15)4-2-5-16(18)19/h6-7,12H,2-5,8-11,17H2,1H3. The van der Waals surface area contributed by atoms with E-state index in [0.29, 0.717) is 32.8 Å². The molecule has 5 heteroatoms. The molecular formula is C16H24N2O3. The Balaban J connectivity index is 1.95. The molecule has 0 aliphatic carbocycles. The summed E-state index contributed by atoms with van der Waals surface area (Å²) < 4.78 is 10.5. The summed E-state index contributed by atoms with van der Waals surface area (Å²) in [5, 5.41) is 0. The van der Waals surface area contributed by atoms with Crippen molar-refractivity contribution in [2.45, 2.75) is 25.7 Å². The van der Waals surface area contributed by atoms with Crippen LogP contribution >= 0.6 is 0 Å². The monoisotopic (exact) mass is 292 g/mol. The number of hydrogen-bond donors (Lipinski definition) is 1. The highest BCUT2D eigenvalue weighted by molar-refractivity contribution is 5.95. The van der Waals surface area contributed by atoms with Crippen LogP contribution in [-0.4, -0.2) is 39.4 Å². The lowest BCUT2D eigenvalue weighted by Gasteiger charge is -2.23. The minimum Gasteiger partial charge on any atom is -0.399 e. The first-order valence-corrected chi connectivity index (χ1v) is 7.48. The summed E-state index contributed by atoms with van der Waals surface area (Å²) in [5.41, 5.74) is 8.72. The van der Waals surface area contributed by atoms with Gasteiger partial charge in [0.25, 0.3) is 0 Å². The van der Waals surface area contributed by atoms with Crippen LogP contribution in [0.5, 0.6) is 0 Å². The van der Waals surface area contributed by atoms with Crippen molar-refractivity contribution in [2.75, 3.05) is 44.1 Å². The number of rotatable bonds is 7. The van der Waals surface area contributed by atoms with Gasteiger partial charge in [0, 0.05) is 44.7 Å². The van der Waals surface area contributed by atoms with Crippen LogP contribution in [-0.2, 0) is 20.7 Å². The Morgan fingerprint density at radius 2 is 2.10 bits per heavy atom. The van der Waals surface area contributed by atoms with Crippen molar-refractivity contribution in [2.24, 2.45) is 0 Å². The van der Waals surface area contributed by atoms with Crippen LogP contribution in [0.3, 0.4) is 0 Å². The van der Waals surface area contributed by atoms with Crippen LogP contribution in [0.1, 0.15) is 24.8 Å². The third kappa shape index (κ3) is 4.44. The van der Waals surface area contributed by atoms with Gasteiger partial charge < -0.3 is 20.1 Å². The van der Waals surface area contributed by atoms with E-state index in [0.717, 1.165) is 36.2 Å². The molecule has 116 valence electrons. The molecular weight excluding hydrogens is 268 g/mol. The molecule has 0 atom stereocenters. The van der Waals surface area contributed by atoms with E-state index in [1.807, 2.05) is 23.1 Å². The van der Waals surface area contributed by atoms with Crippen LogP contribution in [0, 0.1) is 0 Å². The van der Waals surface area contributed by atoms with Crippen molar-refractivity contribution < 1.29 is 14.3 Å². The molecule has 0 radical (unpaired) electrons. The summed E-state index contributed by atoms with van der Waals surface area (Å²) in [7, 11) is 1.68. The lowest BCUT2D eigenvalue weighted by Crippen LogP contribution is -2.33. The van der Waals surface area contributed by atoms with Gasteiger partial charge in [0.15, 0.2) is 0 Å². The second-order valence-electron chi connectivity index (χ2n) is 5.25. The number of aryl methyl sites for hydroxylation is 1. The van der Waals surface area contributed by atoms with Crippen LogP contribution < -0.4 is 10.6 Å². The van der Waals surface area contributed by atoms with Gasteiger partial charge in [0.1, 0.15) is 0 Å². The van der Waals surface area contributed by atoms with Gasteiger partial charge in [0.2, 0.25) is 5.91 Å². The van der Waals surface area contributed by atoms with Crippen molar-refractivity contribution in [1.29, 1.82) is 0 Å². The van der Waals surface area contributed by atoms with Gasteiger partial charge in [-0.15, -0.1) is 0 Å². The topological polar surface area (TPSA) is 64.8 Å². The molecule has 0 fully saturated rings. The number of methoxy groups -OCH3 is 1. The largest absolute Gasteiger partial charge is 0.399 e. The van der Waals surface area contributed by atoms with Gasteiger partial charge in [-0.05, 0) is 43.0 Å². The summed E-state index contributed by atoms with van der Waals surface area (Å²) in [6.45, 7) is 2.48. The van der Waals surface area contributed by atoms with Crippen molar-refractivity contribution in [3.8, 4) is 0 Å². The number of amides is 1. The smallest absolute Gasteiger partial charge is 0.227 e. The molecule has 1 amide bonds. The molecule has 0 bridgehead atoms. The number of carbonyl (C=O) groups is 1. The van der Waals surface area contributed by atoms with E-state index in [1.54, 1.807) is 7.11 Å². The average molecular weight is 292 g/mol. The molecule has 21 heavy (non-hydrogen) atoms. The van der Waals surface area contributed by atoms with Gasteiger partial charge in [-0.25, -0.2) is 0 Å². The molecule has 1 aliphatic heterocycles. The number of fused-ring (bicyclic) bond motifs is 1. The Bertz CT molecular complexity index is 477. The van der Waals surface area contributed by atoms with Gasteiger partial charge in [0.05, 0.1) is 6.61 Å². The van der Waals surface area contributed by atoms with Crippen molar-refractivity contribution in [1.82, 2.24) is 0 Å². The van der Waals surface area contributed by atoms with E-state index in [4.69, 9.17) is 15.2 Å². The quantitative estimate of drug-likeness (QED) is 0.616. The van der Waals surface area contributed by atoms with Gasteiger partial charge in [-0.1, -0.05) is 0 Å². The zero-order valence-corrected chi connectivity index (χ0v) is 12.6. The Labute approximate surface area is 126 Å². The fourth-order valence-corrected chi connectivity index (χ4v) is 2.58. The zero-order valence-electron chi connectivity index (χ0n) is 12.6. The molecule has 2 N–H and O–H groups in total. The molecule has 1 aromatic carbocycles. The van der Waals surface area contributed by atoms with Crippen LogP contribution in [0.4, 0.5) is 11.4 Å². The van der Waals surface area contributed by atoms with Crippen LogP contribution in [0.15, 0.2) is 18.2 Å². The van der Waals surface area contributed by atoms with Crippen LogP contribution in [0.2, 0.25) is 0 Å². The predicted molar refractivity (Wildman–Crippen MR) is 83.5 cm³/mol. The Morgan fingerprint density at radius 1 is 1.24 bits per heavy atom. The zero-order chi connectivity index (χ0) is 15.1. The molecule has 1 heterocycles. The first kappa shape index (κ1) is 15.8. The van der Waals surface area contributed by atoms with E-state index in [-0.39, 0.29) is 5.91 Å². The number of benzene rings is 1. The number of hydrogen-bond acceptors (Lipinski definition) is 4. The van der Waals surface area contributed by atoms with E-state index in [9.17, 15) is 4.79 Å². The minimum atomic E-state index is 0.166. The highest BCUT2D eigenvalue weighted by atomic mass is 16.5. The molecule has 2 rings (SSSR count). The second kappa shape index (κ2) is 8.00. The lowest BCUT2D eigenvalue weighted by molar-refractivity contribution is -0.118. The predicted octanol–water partition coefficient (Wildman–Crippen LogP) is 1.99. The summed E-state index contributed by atoms with van der Waals surface area (Å²) >= 11 is 0. The number of nitrogens with two attached hydrogens (primary N) is 1. The molecule has 0 unspecified atom stereocenters. The number of carbonyl (C=O) groups excluding carboxylic acids is 1. The Morgan fingerprint density at radius 3 is 2.90 bits per heavy atom. The number of nitrogens with zero attached hydrogens (tertiary/aromatic N) is 1. The fraction of sp³-hybridized carbons (Fsp3) is 0.562. The Kier molecular flexibility index (Phi) is 6.02. The number of ether oxygens (including phenoxy) is 2. The van der Waals surface area contributed by atoms with E-state index in [2.05, 4.69) is 0 Å². The van der Waals surface area contributed by atoms with Crippen LogP contribution in [0.25, 0.3) is 0 Å². The maximum atomic E-state index is 12.2. The molecule has 5 nitrogen and oxygen atoms in total. The second-order valence-corrected chi connectivity index (χ2v) is 5.25. The van der Waals surface area contributed by atoms with E-state index in [1.165, 1.54) is 0 Å². The summed E-state index contributed by atoms with van der Waals surface area (Å²) in [5.74, 6) is 0.166. The summed E-state index contributed by atoms with van der Waals surface area (Å²) in [6.07, 6.45) is 3.23. The Hall–Kier alpha value is -1.59. The average Bonchev–Trinajstić information content (AvgIpc) is 2.61. The third-order valence-corrected chi connectivity index (χ3v) is 3.63. The SMILES string of the molecule is COCCCOCCN1C(=O)CCCc2cc(N)ccc21. The highest BCUT2D eigenvalue weighted by Gasteiger charge is 2.21. The first-order chi connectivity index (χ1) is 10.2. The van der Waals surface area contributed by atoms with Crippen molar-refractivity contribution in [3.05, 3.63) is 23.8 Å². The van der Waals surface area contributed by atoms with E-state index >= 15 is 0 Å². The summed E-state index contributed by atoms with van der Waals surface area (Å²) in [6, 6.07) is 5.77. The van der Waals surface area contributed by atoms with Gasteiger partial charge in [-0.2, -0.15) is 0 Å². The van der Waals surface area contributed by atoms with Crippen molar-refractivity contribution in [3.63, 3.8) is 0 Å². The van der Waals surface area contributed by atoms with Gasteiger partial charge >= 0.3 is 0 Å². The molecule has 1 aromatic rings. The lowest BCUT2D eigenvalue weighted by atomic mass is 10.1. The maximum absolute atomic E-state index is 12.2.